The van der Waals surface area contributed by atoms with Crippen LogP contribution in [0.3, 0.4) is 0 Å². The third kappa shape index (κ3) is 2.90. The number of rotatable bonds is 4. The van der Waals surface area contributed by atoms with Crippen molar-refractivity contribution >= 4 is 11.8 Å². The van der Waals surface area contributed by atoms with Gasteiger partial charge >= 0.3 is 5.97 Å². The molecule has 0 aliphatic rings. The van der Waals surface area contributed by atoms with Crippen molar-refractivity contribution in [1.29, 1.82) is 0 Å². The summed E-state index contributed by atoms with van der Waals surface area (Å²) in [4.78, 5) is 11.6. The summed E-state index contributed by atoms with van der Waals surface area (Å²) < 4.78 is 6.33. The number of anilines is 1. The molecule has 0 aliphatic heterocycles. The Hall–Kier alpha value is -2.51. The maximum Gasteiger partial charge on any atom is 0.313 e. The quantitative estimate of drug-likeness (QED) is 0.810. The van der Waals surface area contributed by atoms with Gasteiger partial charge in [-0.05, 0) is 26.0 Å². The number of methoxy groups -OCH3 is 1. The van der Waals surface area contributed by atoms with E-state index in [-0.39, 0.29) is 5.97 Å². The second-order valence-electron chi connectivity index (χ2n) is 5.02. The van der Waals surface area contributed by atoms with E-state index >= 15 is 0 Å². The van der Waals surface area contributed by atoms with Gasteiger partial charge in [-0.3, -0.25) is 9.48 Å². The van der Waals surface area contributed by atoms with Crippen LogP contribution in [0.5, 0.6) is 0 Å². The Morgan fingerprint density at radius 1 is 1.30 bits per heavy atom. The van der Waals surface area contributed by atoms with E-state index in [1.54, 1.807) is 36.9 Å². The van der Waals surface area contributed by atoms with Crippen LogP contribution in [0.15, 0.2) is 18.3 Å². The molecule has 0 saturated heterocycles. The number of hydrogen-bond acceptors (Lipinski definition) is 7. The lowest BCUT2D eigenvalue weighted by Crippen LogP contribution is -2.30. The molecule has 0 spiro atoms. The lowest BCUT2D eigenvalue weighted by molar-refractivity contribution is -0.151. The fourth-order valence-electron chi connectivity index (χ4n) is 1.72. The topological polar surface area (TPSA) is 109 Å². The molecule has 2 aromatic heterocycles. The first-order valence-corrected chi connectivity index (χ1v) is 6.00. The highest BCUT2D eigenvalue weighted by atomic mass is 16.5. The Morgan fingerprint density at radius 2 is 2.05 bits per heavy atom. The van der Waals surface area contributed by atoms with E-state index in [2.05, 4.69) is 20.5 Å². The highest BCUT2D eigenvalue weighted by Gasteiger charge is 2.29. The highest BCUT2D eigenvalue weighted by molar-refractivity contribution is 5.75. The van der Waals surface area contributed by atoms with Gasteiger partial charge in [-0.1, -0.05) is 5.21 Å². The van der Waals surface area contributed by atoms with Gasteiger partial charge in [0, 0.05) is 0 Å². The van der Waals surface area contributed by atoms with Crippen molar-refractivity contribution in [3.8, 4) is 11.4 Å². The Balaban J connectivity index is 2.17. The van der Waals surface area contributed by atoms with Gasteiger partial charge in [0.15, 0.2) is 0 Å². The molecule has 0 atom stereocenters. The van der Waals surface area contributed by atoms with E-state index in [1.165, 1.54) is 7.11 Å². The number of aromatic nitrogens is 5. The molecule has 0 fully saturated rings. The van der Waals surface area contributed by atoms with Gasteiger partial charge in [0.1, 0.15) is 17.2 Å². The van der Waals surface area contributed by atoms with Crippen molar-refractivity contribution in [3.05, 3.63) is 18.3 Å². The second kappa shape index (κ2) is 5.24. The average molecular weight is 276 g/mol. The van der Waals surface area contributed by atoms with Crippen LogP contribution in [0.4, 0.5) is 5.82 Å². The number of esters is 1. The zero-order chi connectivity index (χ0) is 14.8. The Labute approximate surface area is 115 Å². The molecule has 0 radical (unpaired) electrons. The van der Waals surface area contributed by atoms with Crippen LogP contribution in [-0.4, -0.2) is 38.3 Å². The molecule has 2 N–H and O–H groups in total. The van der Waals surface area contributed by atoms with Gasteiger partial charge in [-0.25, -0.2) is 0 Å². The van der Waals surface area contributed by atoms with Gasteiger partial charge in [0.2, 0.25) is 0 Å². The van der Waals surface area contributed by atoms with Gasteiger partial charge in [-0.15, -0.1) is 15.3 Å². The fourth-order valence-corrected chi connectivity index (χ4v) is 1.72. The number of nitrogens with zero attached hydrogens (tertiary/aromatic N) is 5. The third-order valence-electron chi connectivity index (χ3n) is 2.78. The molecule has 0 amide bonds. The van der Waals surface area contributed by atoms with Crippen molar-refractivity contribution in [1.82, 2.24) is 25.2 Å². The number of ether oxygens (including phenoxy) is 1. The largest absolute Gasteiger partial charge is 0.469 e. The lowest BCUT2D eigenvalue weighted by Gasteiger charge is -2.20. The SMILES string of the molecule is COC(=O)C(C)(C)Cn1cc(-c2ccc(N)nn2)nn1. The summed E-state index contributed by atoms with van der Waals surface area (Å²) in [5.74, 6) is 0.0368. The van der Waals surface area contributed by atoms with Crippen LogP contribution >= 0.6 is 0 Å². The van der Waals surface area contributed by atoms with Crippen molar-refractivity contribution < 1.29 is 9.53 Å². The summed E-state index contributed by atoms with van der Waals surface area (Å²) >= 11 is 0. The average Bonchev–Trinajstić information content (AvgIpc) is 2.86. The van der Waals surface area contributed by atoms with Gasteiger partial charge in [0.05, 0.1) is 25.3 Å². The number of carbonyl (C=O) groups excluding carboxylic acids is 1. The van der Waals surface area contributed by atoms with Crippen molar-refractivity contribution in [3.63, 3.8) is 0 Å². The molecule has 2 rings (SSSR count). The van der Waals surface area contributed by atoms with Crippen molar-refractivity contribution in [2.24, 2.45) is 5.41 Å². The zero-order valence-electron chi connectivity index (χ0n) is 11.6. The maximum absolute atomic E-state index is 11.6. The molecule has 8 nitrogen and oxygen atoms in total. The predicted octanol–water partition coefficient (Wildman–Crippen LogP) is 0.516. The molecule has 8 heteroatoms. The number of nitrogens with two attached hydrogens (primary N) is 1. The molecular weight excluding hydrogens is 260 g/mol. The van der Waals surface area contributed by atoms with Gasteiger partial charge < -0.3 is 10.5 Å². The standard InChI is InChI=1S/C12H16N6O2/c1-12(2,11(19)20-3)7-18-6-9(15-17-18)8-4-5-10(13)16-14-8/h4-6H,7H2,1-3H3,(H2,13,16). The number of nitrogen functional groups attached to an aromatic ring is 1. The van der Waals surface area contributed by atoms with Crippen LogP contribution in [0.2, 0.25) is 0 Å². The minimum atomic E-state index is -0.688. The maximum atomic E-state index is 11.6. The van der Waals surface area contributed by atoms with Crippen molar-refractivity contribution in [2.75, 3.05) is 12.8 Å². The minimum Gasteiger partial charge on any atom is -0.469 e. The highest BCUT2D eigenvalue weighted by Crippen LogP contribution is 2.20. The molecule has 0 aliphatic carbocycles. The fraction of sp³-hybridized carbons (Fsp3) is 0.417. The monoisotopic (exact) mass is 276 g/mol. The zero-order valence-corrected chi connectivity index (χ0v) is 11.6. The Bertz CT molecular complexity index is 605. The molecular formula is C12H16N6O2. The predicted molar refractivity (Wildman–Crippen MR) is 71.3 cm³/mol. The molecule has 0 saturated carbocycles. The minimum absolute atomic E-state index is 0.304. The first-order chi connectivity index (χ1) is 9.42. The third-order valence-corrected chi connectivity index (χ3v) is 2.78. The van der Waals surface area contributed by atoms with Crippen LogP contribution in [0, 0.1) is 5.41 Å². The van der Waals surface area contributed by atoms with E-state index in [1.807, 2.05) is 0 Å². The normalized spacial score (nSPS) is 11.3. The van der Waals surface area contributed by atoms with Gasteiger partial charge in [0.25, 0.3) is 0 Å². The number of hydrogen-bond donors (Lipinski definition) is 1. The first-order valence-electron chi connectivity index (χ1n) is 6.00. The van der Waals surface area contributed by atoms with Crippen LogP contribution in [0.25, 0.3) is 11.4 Å². The second-order valence-corrected chi connectivity index (χ2v) is 5.02. The molecule has 0 bridgehead atoms. The molecule has 2 aromatic rings. The Morgan fingerprint density at radius 3 is 2.65 bits per heavy atom. The van der Waals surface area contributed by atoms with Crippen LogP contribution in [0.1, 0.15) is 13.8 Å². The summed E-state index contributed by atoms with van der Waals surface area (Å²) in [5.41, 5.74) is 5.93. The summed E-state index contributed by atoms with van der Waals surface area (Å²) in [6, 6.07) is 3.35. The molecule has 106 valence electrons. The summed E-state index contributed by atoms with van der Waals surface area (Å²) in [7, 11) is 1.36. The lowest BCUT2D eigenvalue weighted by atomic mass is 9.94. The van der Waals surface area contributed by atoms with E-state index in [0.717, 1.165) is 0 Å². The van der Waals surface area contributed by atoms with Crippen LogP contribution in [-0.2, 0) is 16.1 Å². The molecule has 0 aromatic carbocycles. The van der Waals surface area contributed by atoms with Crippen molar-refractivity contribution in [2.45, 2.75) is 20.4 Å². The molecule has 20 heavy (non-hydrogen) atoms. The van der Waals surface area contributed by atoms with E-state index < -0.39 is 5.41 Å². The molecule has 2 heterocycles. The molecule has 0 unspecified atom stereocenters. The van der Waals surface area contributed by atoms with E-state index in [0.29, 0.717) is 23.8 Å². The summed E-state index contributed by atoms with van der Waals surface area (Å²) in [5, 5.41) is 15.7. The smallest absolute Gasteiger partial charge is 0.313 e. The first kappa shape index (κ1) is 13.9. The summed E-state index contributed by atoms with van der Waals surface area (Å²) in [6.07, 6.45) is 1.70. The van der Waals surface area contributed by atoms with Crippen LogP contribution < -0.4 is 5.73 Å². The van der Waals surface area contributed by atoms with Gasteiger partial charge in [-0.2, -0.15) is 0 Å². The number of carbonyl (C=O) groups is 1. The van der Waals surface area contributed by atoms with E-state index in [4.69, 9.17) is 10.5 Å². The van der Waals surface area contributed by atoms with E-state index in [9.17, 15) is 4.79 Å². The Kier molecular flexibility index (Phi) is 3.64. The summed E-state index contributed by atoms with van der Waals surface area (Å²) in [6.45, 7) is 3.92.